The van der Waals surface area contributed by atoms with Crippen LogP contribution < -0.4 is 5.32 Å². The Bertz CT molecular complexity index is 411. The number of anilines is 1. The number of aromatic nitrogens is 2. The van der Waals surface area contributed by atoms with Crippen LogP contribution in [-0.2, 0) is 11.2 Å². The smallest absolute Gasteiger partial charge is 0.226 e. The number of nitrogens with zero attached hydrogens (tertiary/aromatic N) is 2. The van der Waals surface area contributed by atoms with Crippen LogP contribution in [0.4, 0.5) is 5.13 Å². The number of carbonyl (C=O) groups excluding carboxylic acids is 1. The summed E-state index contributed by atoms with van der Waals surface area (Å²) in [5, 5.41) is 10.5. The van der Waals surface area contributed by atoms with Crippen molar-refractivity contribution in [1.29, 1.82) is 0 Å². The molecule has 0 aliphatic heterocycles. The molecule has 0 bridgehead atoms. The molecule has 0 aliphatic rings. The number of aryl methyl sites for hydroxylation is 1. The minimum Gasteiger partial charge on any atom is -0.469 e. The first kappa shape index (κ1) is 9.85. The summed E-state index contributed by atoms with van der Waals surface area (Å²) in [4.78, 5) is 11.4. The summed E-state index contributed by atoms with van der Waals surface area (Å²) < 4.78 is 5.11. The van der Waals surface area contributed by atoms with E-state index in [0.29, 0.717) is 18.0 Å². The molecule has 2 aromatic heterocycles. The van der Waals surface area contributed by atoms with Crippen LogP contribution in [0.15, 0.2) is 28.3 Å². The van der Waals surface area contributed by atoms with Crippen LogP contribution in [0.1, 0.15) is 12.2 Å². The van der Waals surface area contributed by atoms with Gasteiger partial charge >= 0.3 is 0 Å². The van der Waals surface area contributed by atoms with E-state index in [1.54, 1.807) is 17.8 Å². The van der Waals surface area contributed by atoms with Gasteiger partial charge in [0.05, 0.1) is 6.26 Å². The van der Waals surface area contributed by atoms with Gasteiger partial charge in [0.2, 0.25) is 11.0 Å². The minimum absolute atomic E-state index is 0.0804. The van der Waals surface area contributed by atoms with Crippen molar-refractivity contribution < 1.29 is 9.21 Å². The Labute approximate surface area is 90.1 Å². The van der Waals surface area contributed by atoms with Gasteiger partial charge in [-0.1, -0.05) is 11.3 Å². The molecule has 2 rings (SSSR count). The number of hydrogen-bond acceptors (Lipinski definition) is 5. The van der Waals surface area contributed by atoms with E-state index in [1.807, 2.05) is 6.07 Å². The van der Waals surface area contributed by atoms with Crippen LogP contribution >= 0.6 is 11.3 Å². The van der Waals surface area contributed by atoms with Crippen LogP contribution in [0.5, 0.6) is 0 Å². The molecule has 0 fully saturated rings. The maximum absolute atomic E-state index is 11.4. The average Bonchev–Trinajstić information content (AvgIpc) is 2.86. The Morgan fingerprint density at radius 3 is 3.20 bits per heavy atom. The predicted octanol–water partition coefficient (Wildman–Crippen LogP) is 1.70. The molecule has 2 heterocycles. The maximum atomic E-state index is 11.4. The molecule has 5 nitrogen and oxygen atoms in total. The predicted molar refractivity (Wildman–Crippen MR) is 55.6 cm³/mol. The van der Waals surface area contributed by atoms with Crippen molar-refractivity contribution in [3.63, 3.8) is 0 Å². The van der Waals surface area contributed by atoms with Crippen LogP contribution in [0, 0.1) is 0 Å². The van der Waals surface area contributed by atoms with Crippen LogP contribution in [0.25, 0.3) is 0 Å². The van der Waals surface area contributed by atoms with Gasteiger partial charge in [0.25, 0.3) is 0 Å². The molecule has 6 heteroatoms. The second-order valence-corrected chi connectivity index (χ2v) is 3.70. The molecular formula is C9H9N3O2S. The van der Waals surface area contributed by atoms with Crippen molar-refractivity contribution in [2.45, 2.75) is 12.8 Å². The quantitative estimate of drug-likeness (QED) is 0.856. The second-order valence-electron chi connectivity index (χ2n) is 2.87. The molecule has 15 heavy (non-hydrogen) atoms. The number of rotatable bonds is 4. The summed E-state index contributed by atoms with van der Waals surface area (Å²) in [6.45, 7) is 0. The van der Waals surface area contributed by atoms with Crippen molar-refractivity contribution in [2.24, 2.45) is 0 Å². The van der Waals surface area contributed by atoms with Gasteiger partial charge in [0.1, 0.15) is 11.3 Å². The molecular weight excluding hydrogens is 214 g/mol. The fraction of sp³-hybridized carbons (Fsp3) is 0.222. The molecule has 0 radical (unpaired) electrons. The number of amides is 1. The lowest BCUT2D eigenvalue weighted by molar-refractivity contribution is -0.116. The van der Waals surface area contributed by atoms with Gasteiger partial charge in [0.15, 0.2) is 0 Å². The van der Waals surface area contributed by atoms with E-state index < -0.39 is 0 Å². The third-order valence-corrected chi connectivity index (χ3v) is 2.39. The van der Waals surface area contributed by atoms with Crippen molar-refractivity contribution in [3.05, 3.63) is 29.7 Å². The van der Waals surface area contributed by atoms with Crippen molar-refractivity contribution >= 4 is 22.4 Å². The van der Waals surface area contributed by atoms with Crippen molar-refractivity contribution in [2.75, 3.05) is 5.32 Å². The van der Waals surface area contributed by atoms with E-state index in [2.05, 4.69) is 15.5 Å². The molecule has 78 valence electrons. The van der Waals surface area contributed by atoms with Gasteiger partial charge in [-0.3, -0.25) is 4.79 Å². The van der Waals surface area contributed by atoms with E-state index in [1.165, 1.54) is 11.3 Å². The van der Waals surface area contributed by atoms with Crippen LogP contribution in [0.3, 0.4) is 0 Å². The molecule has 2 aromatic rings. The zero-order valence-electron chi connectivity index (χ0n) is 7.84. The molecule has 0 atom stereocenters. The Balaban J connectivity index is 1.78. The van der Waals surface area contributed by atoms with Crippen molar-refractivity contribution in [3.8, 4) is 0 Å². The fourth-order valence-corrected chi connectivity index (χ4v) is 1.56. The van der Waals surface area contributed by atoms with Crippen LogP contribution in [-0.4, -0.2) is 16.1 Å². The Morgan fingerprint density at radius 1 is 1.60 bits per heavy atom. The number of hydrogen-bond donors (Lipinski definition) is 1. The lowest BCUT2D eigenvalue weighted by Gasteiger charge is -1.98. The summed E-state index contributed by atoms with van der Waals surface area (Å²) >= 11 is 1.30. The molecule has 0 saturated heterocycles. The monoisotopic (exact) mass is 223 g/mol. The summed E-state index contributed by atoms with van der Waals surface area (Å²) in [5.74, 6) is 0.727. The first-order chi connectivity index (χ1) is 7.34. The molecule has 0 aromatic carbocycles. The fourth-order valence-electron chi connectivity index (χ4n) is 1.10. The molecule has 1 amide bonds. The van der Waals surface area contributed by atoms with E-state index in [4.69, 9.17) is 4.42 Å². The average molecular weight is 223 g/mol. The zero-order valence-corrected chi connectivity index (χ0v) is 8.66. The minimum atomic E-state index is -0.0804. The molecule has 0 aliphatic carbocycles. The first-order valence-corrected chi connectivity index (χ1v) is 5.31. The van der Waals surface area contributed by atoms with Crippen molar-refractivity contribution in [1.82, 2.24) is 10.2 Å². The summed E-state index contributed by atoms with van der Waals surface area (Å²) in [6.07, 6.45) is 2.57. The highest BCUT2D eigenvalue weighted by atomic mass is 32.1. The van der Waals surface area contributed by atoms with Gasteiger partial charge in [0, 0.05) is 12.8 Å². The Morgan fingerprint density at radius 2 is 2.53 bits per heavy atom. The maximum Gasteiger partial charge on any atom is 0.226 e. The normalized spacial score (nSPS) is 10.1. The third-order valence-electron chi connectivity index (χ3n) is 1.78. The largest absolute Gasteiger partial charge is 0.469 e. The molecule has 0 unspecified atom stereocenters. The van der Waals surface area contributed by atoms with E-state index in [0.717, 1.165) is 5.76 Å². The third kappa shape index (κ3) is 2.88. The standard InChI is InChI=1S/C9H9N3O2S/c13-8(11-9-12-10-6-15-9)4-3-7-2-1-5-14-7/h1-2,5-6H,3-4H2,(H,11,12,13). The Hall–Kier alpha value is -1.69. The lowest BCUT2D eigenvalue weighted by Crippen LogP contribution is -2.11. The topological polar surface area (TPSA) is 68.0 Å². The summed E-state index contributed by atoms with van der Waals surface area (Å²) in [6, 6.07) is 3.65. The summed E-state index contributed by atoms with van der Waals surface area (Å²) in [7, 11) is 0. The van der Waals surface area contributed by atoms with E-state index in [-0.39, 0.29) is 5.91 Å². The summed E-state index contributed by atoms with van der Waals surface area (Å²) in [5.41, 5.74) is 1.57. The molecule has 0 spiro atoms. The van der Waals surface area contributed by atoms with E-state index in [9.17, 15) is 4.79 Å². The highest BCUT2D eigenvalue weighted by Crippen LogP contribution is 2.09. The van der Waals surface area contributed by atoms with Gasteiger partial charge in [-0.25, -0.2) is 0 Å². The van der Waals surface area contributed by atoms with Gasteiger partial charge < -0.3 is 9.73 Å². The van der Waals surface area contributed by atoms with Gasteiger partial charge in [-0.15, -0.1) is 10.2 Å². The first-order valence-electron chi connectivity index (χ1n) is 4.43. The molecule has 1 N–H and O–H groups in total. The Kier molecular flexibility index (Phi) is 3.08. The van der Waals surface area contributed by atoms with E-state index >= 15 is 0 Å². The van der Waals surface area contributed by atoms with Crippen LogP contribution in [0.2, 0.25) is 0 Å². The second kappa shape index (κ2) is 4.70. The number of carbonyl (C=O) groups is 1. The van der Waals surface area contributed by atoms with Gasteiger partial charge in [-0.05, 0) is 12.1 Å². The highest BCUT2D eigenvalue weighted by molar-refractivity contribution is 7.13. The van der Waals surface area contributed by atoms with Gasteiger partial charge in [-0.2, -0.15) is 0 Å². The molecule has 0 saturated carbocycles. The SMILES string of the molecule is O=C(CCc1ccco1)Nc1nncs1. The highest BCUT2D eigenvalue weighted by Gasteiger charge is 2.05. The lowest BCUT2D eigenvalue weighted by atomic mass is 10.2. The number of furan rings is 1. The number of nitrogens with one attached hydrogen (secondary N) is 1. The zero-order chi connectivity index (χ0) is 10.5.